The molecule has 0 amide bonds. The van der Waals surface area contributed by atoms with Crippen molar-refractivity contribution in [2.24, 2.45) is 0 Å². The number of nitrogens with zero attached hydrogens (tertiary/aromatic N) is 2. The Balaban J connectivity index is 2.48. The highest BCUT2D eigenvalue weighted by molar-refractivity contribution is 7.19. The summed E-state index contributed by atoms with van der Waals surface area (Å²) >= 11 is 18.8. The van der Waals surface area contributed by atoms with Crippen LogP contribution in [0.15, 0.2) is 18.2 Å². The minimum Gasteiger partial charge on any atom is -0.231 e. The van der Waals surface area contributed by atoms with Gasteiger partial charge in [-0.1, -0.05) is 23.2 Å². The molecule has 2 aromatic rings. The van der Waals surface area contributed by atoms with Crippen LogP contribution in [0.3, 0.4) is 0 Å². The zero-order chi connectivity index (χ0) is 10.8. The van der Waals surface area contributed by atoms with E-state index in [1.165, 1.54) is 11.3 Å². The van der Waals surface area contributed by atoms with Crippen molar-refractivity contribution in [2.75, 3.05) is 0 Å². The molecule has 0 spiro atoms. The highest BCUT2D eigenvalue weighted by atomic mass is 35.5. The molecule has 0 unspecified atom stereocenters. The molecular formula is C9H5Cl3N2S. The molecule has 0 aliphatic rings. The summed E-state index contributed by atoms with van der Waals surface area (Å²) in [7, 11) is 0. The summed E-state index contributed by atoms with van der Waals surface area (Å²) < 4.78 is 0.695. The Labute approximate surface area is 106 Å². The van der Waals surface area contributed by atoms with Gasteiger partial charge in [-0.3, -0.25) is 0 Å². The molecule has 0 aromatic carbocycles. The molecule has 0 aliphatic carbocycles. The van der Waals surface area contributed by atoms with Crippen LogP contribution in [0.25, 0.3) is 10.7 Å². The summed E-state index contributed by atoms with van der Waals surface area (Å²) in [5.41, 5.74) is 0.705. The van der Waals surface area contributed by atoms with Crippen LogP contribution in [0.4, 0.5) is 0 Å². The first kappa shape index (κ1) is 11.1. The van der Waals surface area contributed by atoms with Gasteiger partial charge < -0.3 is 0 Å². The quantitative estimate of drug-likeness (QED) is 0.606. The lowest BCUT2D eigenvalue weighted by molar-refractivity contribution is 1.10. The summed E-state index contributed by atoms with van der Waals surface area (Å²) in [5.74, 6) is 0.879. The average molecular weight is 280 g/mol. The van der Waals surface area contributed by atoms with E-state index in [1.54, 1.807) is 12.1 Å². The second-order valence-electron chi connectivity index (χ2n) is 2.74. The van der Waals surface area contributed by atoms with E-state index in [-0.39, 0.29) is 0 Å². The van der Waals surface area contributed by atoms with Crippen molar-refractivity contribution in [3.63, 3.8) is 0 Å². The largest absolute Gasteiger partial charge is 0.231 e. The molecule has 0 saturated heterocycles. The monoisotopic (exact) mass is 278 g/mol. The van der Waals surface area contributed by atoms with Crippen LogP contribution in [0.2, 0.25) is 9.49 Å². The van der Waals surface area contributed by atoms with Crippen molar-refractivity contribution >= 4 is 46.1 Å². The molecule has 0 bridgehead atoms. The van der Waals surface area contributed by atoms with Crippen LogP contribution in [-0.2, 0) is 5.88 Å². The van der Waals surface area contributed by atoms with Gasteiger partial charge in [0.25, 0.3) is 0 Å². The summed E-state index contributed by atoms with van der Waals surface area (Å²) in [6.07, 6.45) is 0. The zero-order valence-electron chi connectivity index (χ0n) is 7.38. The van der Waals surface area contributed by atoms with Gasteiger partial charge in [0, 0.05) is 0 Å². The highest BCUT2D eigenvalue weighted by Crippen LogP contribution is 2.29. The summed E-state index contributed by atoms with van der Waals surface area (Å²) in [5, 5.41) is 0.389. The second kappa shape index (κ2) is 4.66. The molecule has 78 valence electrons. The standard InChI is InChI=1S/C9H5Cl3N2S/c10-4-5-3-7(11)14-9(13-5)6-1-2-8(12)15-6/h1-3H,4H2. The van der Waals surface area contributed by atoms with E-state index in [4.69, 9.17) is 34.8 Å². The molecule has 2 nitrogen and oxygen atoms in total. The fourth-order valence-electron chi connectivity index (χ4n) is 1.08. The van der Waals surface area contributed by atoms with Crippen LogP contribution in [0.1, 0.15) is 5.69 Å². The van der Waals surface area contributed by atoms with Crippen LogP contribution in [0, 0.1) is 0 Å². The molecular weight excluding hydrogens is 275 g/mol. The molecule has 2 rings (SSSR count). The van der Waals surface area contributed by atoms with E-state index >= 15 is 0 Å². The number of thiophene rings is 1. The average Bonchev–Trinajstić information content (AvgIpc) is 2.64. The third-order valence-corrected chi connectivity index (χ3v) is 3.37. The molecule has 0 saturated carbocycles. The van der Waals surface area contributed by atoms with E-state index in [0.717, 1.165) is 4.88 Å². The SMILES string of the molecule is ClCc1cc(Cl)nc(-c2ccc(Cl)s2)n1. The van der Waals surface area contributed by atoms with E-state index in [9.17, 15) is 0 Å². The van der Waals surface area contributed by atoms with Crippen LogP contribution in [-0.4, -0.2) is 9.97 Å². The third kappa shape index (κ3) is 2.61. The second-order valence-corrected chi connectivity index (χ2v) is 5.11. The predicted octanol–water partition coefficient (Wildman–Crippen LogP) is 4.25. The Morgan fingerprint density at radius 3 is 2.60 bits per heavy atom. The third-order valence-electron chi connectivity index (χ3n) is 1.68. The number of aromatic nitrogens is 2. The number of hydrogen-bond acceptors (Lipinski definition) is 3. The lowest BCUT2D eigenvalue weighted by atomic mass is 10.4. The lowest BCUT2D eigenvalue weighted by Gasteiger charge is -2.00. The molecule has 0 aliphatic heterocycles. The van der Waals surface area contributed by atoms with Crippen molar-refractivity contribution in [1.82, 2.24) is 9.97 Å². The molecule has 15 heavy (non-hydrogen) atoms. The topological polar surface area (TPSA) is 25.8 Å². The van der Waals surface area contributed by atoms with Gasteiger partial charge in [0.05, 0.1) is 20.8 Å². The summed E-state index contributed by atoms with van der Waals surface area (Å²) in [4.78, 5) is 9.26. The lowest BCUT2D eigenvalue weighted by Crippen LogP contribution is -1.92. The van der Waals surface area contributed by atoms with Gasteiger partial charge in [0.1, 0.15) is 5.15 Å². The molecule has 0 radical (unpaired) electrons. The first-order valence-corrected chi connectivity index (χ1v) is 6.15. The first-order chi connectivity index (χ1) is 7.19. The van der Waals surface area contributed by atoms with Crippen LogP contribution >= 0.6 is 46.1 Å². The highest BCUT2D eigenvalue weighted by Gasteiger charge is 2.07. The first-order valence-electron chi connectivity index (χ1n) is 4.04. The van der Waals surface area contributed by atoms with Gasteiger partial charge in [0.15, 0.2) is 5.82 Å². The summed E-state index contributed by atoms with van der Waals surface area (Å²) in [6, 6.07) is 5.30. The molecule has 2 aromatic heterocycles. The van der Waals surface area contributed by atoms with Crippen LogP contribution in [0.5, 0.6) is 0 Å². The van der Waals surface area contributed by atoms with Crippen molar-refractivity contribution in [3.8, 4) is 10.7 Å². The van der Waals surface area contributed by atoms with Gasteiger partial charge in [-0.05, 0) is 18.2 Å². The van der Waals surface area contributed by atoms with Gasteiger partial charge in [0.2, 0.25) is 0 Å². The smallest absolute Gasteiger partial charge is 0.171 e. The fourth-order valence-corrected chi connectivity index (χ4v) is 2.40. The number of alkyl halides is 1. The Morgan fingerprint density at radius 1 is 1.20 bits per heavy atom. The van der Waals surface area contributed by atoms with E-state index < -0.39 is 0 Å². The van der Waals surface area contributed by atoms with Crippen molar-refractivity contribution in [2.45, 2.75) is 5.88 Å². The predicted molar refractivity (Wildman–Crippen MR) is 64.9 cm³/mol. The van der Waals surface area contributed by atoms with Gasteiger partial charge in [-0.15, -0.1) is 22.9 Å². The Hall–Kier alpha value is -0.350. The van der Waals surface area contributed by atoms with Crippen LogP contribution < -0.4 is 0 Å². The van der Waals surface area contributed by atoms with Gasteiger partial charge in [-0.2, -0.15) is 0 Å². The maximum absolute atomic E-state index is 5.85. The number of hydrogen-bond donors (Lipinski definition) is 0. The van der Waals surface area contributed by atoms with E-state index in [2.05, 4.69) is 9.97 Å². The Kier molecular flexibility index (Phi) is 3.46. The fraction of sp³-hybridized carbons (Fsp3) is 0.111. The normalized spacial score (nSPS) is 10.6. The van der Waals surface area contributed by atoms with Crippen molar-refractivity contribution < 1.29 is 0 Å². The minimum atomic E-state index is 0.314. The maximum atomic E-state index is 5.85. The Bertz CT molecular complexity index is 484. The minimum absolute atomic E-state index is 0.314. The molecule has 0 atom stereocenters. The van der Waals surface area contributed by atoms with Crippen molar-refractivity contribution in [1.29, 1.82) is 0 Å². The van der Waals surface area contributed by atoms with Gasteiger partial charge in [-0.25, -0.2) is 9.97 Å². The Morgan fingerprint density at radius 2 is 2.00 bits per heavy atom. The maximum Gasteiger partial charge on any atom is 0.171 e. The van der Waals surface area contributed by atoms with Crippen molar-refractivity contribution in [3.05, 3.63) is 33.4 Å². The molecule has 0 fully saturated rings. The number of halogens is 3. The molecule has 6 heteroatoms. The molecule has 0 N–H and O–H groups in total. The van der Waals surface area contributed by atoms with Gasteiger partial charge >= 0.3 is 0 Å². The number of rotatable bonds is 2. The zero-order valence-corrected chi connectivity index (χ0v) is 10.5. The molecule has 2 heterocycles. The van der Waals surface area contributed by atoms with E-state index in [0.29, 0.717) is 26.9 Å². The van der Waals surface area contributed by atoms with E-state index in [1.807, 2.05) is 6.07 Å². The summed E-state index contributed by atoms with van der Waals surface area (Å²) in [6.45, 7) is 0.